The first-order chi connectivity index (χ1) is 13.6. The summed E-state index contributed by atoms with van der Waals surface area (Å²) in [5.74, 6) is 0.387. The lowest BCUT2D eigenvalue weighted by atomic mass is 10.1. The summed E-state index contributed by atoms with van der Waals surface area (Å²) in [6.07, 6.45) is 0.550. The molecule has 4 aromatic rings. The van der Waals surface area contributed by atoms with Crippen LogP contribution in [0, 0.1) is 12.7 Å². The van der Waals surface area contributed by atoms with Crippen LogP contribution in [0.4, 0.5) is 9.52 Å². The second-order valence-electron chi connectivity index (χ2n) is 5.99. The summed E-state index contributed by atoms with van der Waals surface area (Å²) in [6.45, 7) is 1.91. The summed E-state index contributed by atoms with van der Waals surface area (Å²) in [6, 6.07) is 8.02. The lowest BCUT2D eigenvalue weighted by molar-refractivity contribution is -0.116. The molecule has 0 aliphatic heterocycles. The van der Waals surface area contributed by atoms with E-state index in [4.69, 9.17) is 4.42 Å². The topological polar surface area (TPSA) is 80.9 Å². The molecule has 0 bridgehead atoms. The minimum Gasteiger partial charge on any atom is -0.421 e. The number of thiazole rings is 1. The molecule has 6 nitrogen and oxygen atoms in total. The zero-order chi connectivity index (χ0) is 19.5. The Morgan fingerprint density at radius 3 is 2.75 bits per heavy atom. The van der Waals surface area contributed by atoms with Gasteiger partial charge in [-0.2, -0.15) is 11.3 Å². The highest BCUT2D eigenvalue weighted by Crippen LogP contribution is 2.30. The van der Waals surface area contributed by atoms with Crippen LogP contribution in [0.15, 0.2) is 45.5 Å². The molecule has 4 rings (SSSR count). The van der Waals surface area contributed by atoms with Crippen molar-refractivity contribution in [2.45, 2.75) is 19.8 Å². The number of thiophene rings is 1. The molecule has 1 N–H and O–H groups in total. The van der Waals surface area contributed by atoms with Crippen LogP contribution in [0.25, 0.3) is 22.7 Å². The van der Waals surface area contributed by atoms with Crippen molar-refractivity contribution in [2.24, 2.45) is 0 Å². The first-order valence-electron chi connectivity index (χ1n) is 8.46. The smallest absolute Gasteiger partial charge is 0.248 e. The first-order valence-corrected chi connectivity index (χ1v) is 10.2. The van der Waals surface area contributed by atoms with Gasteiger partial charge in [0.1, 0.15) is 5.82 Å². The second-order valence-corrected chi connectivity index (χ2v) is 7.98. The van der Waals surface area contributed by atoms with Crippen molar-refractivity contribution in [3.05, 3.63) is 57.7 Å². The average Bonchev–Trinajstić information content (AvgIpc) is 3.41. The van der Waals surface area contributed by atoms with E-state index >= 15 is 0 Å². The maximum absolute atomic E-state index is 13.1. The Morgan fingerprint density at radius 1 is 1.18 bits per heavy atom. The highest BCUT2D eigenvalue weighted by atomic mass is 32.1. The highest BCUT2D eigenvalue weighted by Gasteiger charge is 2.14. The van der Waals surface area contributed by atoms with Gasteiger partial charge in [0.25, 0.3) is 0 Å². The predicted octanol–water partition coefficient (Wildman–Crippen LogP) is 4.94. The van der Waals surface area contributed by atoms with Gasteiger partial charge < -0.3 is 9.73 Å². The number of nitrogens with zero attached hydrogens (tertiary/aromatic N) is 3. The van der Waals surface area contributed by atoms with Crippen molar-refractivity contribution in [1.29, 1.82) is 0 Å². The van der Waals surface area contributed by atoms with Crippen LogP contribution in [-0.2, 0) is 11.2 Å². The number of benzene rings is 1. The van der Waals surface area contributed by atoms with Crippen molar-refractivity contribution in [3.63, 3.8) is 0 Å². The predicted molar refractivity (Wildman–Crippen MR) is 107 cm³/mol. The van der Waals surface area contributed by atoms with Gasteiger partial charge in [0.2, 0.25) is 17.7 Å². The van der Waals surface area contributed by atoms with Crippen molar-refractivity contribution in [1.82, 2.24) is 15.2 Å². The number of hydrogen-bond donors (Lipinski definition) is 1. The van der Waals surface area contributed by atoms with E-state index in [2.05, 4.69) is 20.5 Å². The van der Waals surface area contributed by atoms with Crippen LogP contribution < -0.4 is 5.32 Å². The normalized spacial score (nSPS) is 10.9. The number of carbonyl (C=O) groups is 1. The van der Waals surface area contributed by atoms with E-state index in [1.165, 1.54) is 23.5 Å². The fourth-order valence-electron chi connectivity index (χ4n) is 2.59. The quantitative estimate of drug-likeness (QED) is 0.483. The van der Waals surface area contributed by atoms with E-state index in [1.807, 2.05) is 23.8 Å². The zero-order valence-corrected chi connectivity index (χ0v) is 16.4. The maximum Gasteiger partial charge on any atom is 0.248 e. The molecule has 1 aromatic carbocycles. The monoisotopic (exact) mass is 414 g/mol. The van der Waals surface area contributed by atoms with Crippen LogP contribution in [0.2, 0.25) is 0 Å². The molecule has 142 valence electrons. The molecule has 0 spiro atoms. The minimum absolute atomic E-state index is 0.185. The third-order valence-corrected chi connectivity index (χ3v) is 5.53. The van der Waals surface area contributed by atoms with Crippen LogP contribution >= 0.6 is 22.7 Å². The van der Waals surface area contributed by atoms with Gasteiger partial charge >= 0.3 is 0 Å². The Kier molecular flexibility index (Phi) is 5.27. The molecular weight excluding hydrogens is 399 g/mol. The molecule has 1 amide bonds. The SMILES string of the molecule is Cc1sc(NC(=O)CCc2nnc(-c3ccsc3)o2)nc1-c1ccc(F)cc1. The molecule has 0 fully saturated rings. The number of carbonyl (C=O) groups excluding carboxylic acids is 1. The van der Waals surface area contributed by atoms with E-state index in [1.54, 1.807) is 23.5 Å². The summed E-state index contributed by atoms with van der Waals surface area (Å²) in [4.78, 5) is 17.6. The first kappa shape index (κ1) is 18.5. The molecule has 0 radical (unpaired) electrons. The zero-order valence-electron chi connectivity index (χ0n) is 14.8. The molecule has 0 aliphatic carbocycles. The van der Waals surface area contributed by atoms with E-state index in [9.17, 15) is 9.18 Å². The fraction of sp³-hybridized carbons (Fsp3) is 0.158. The average molecular weight is 414 g/mol. The minimum atomic E-state index is -0.298. The molecule has 0 unspecified atom stereocenters. The van der Waals surface area contributed by atoms with E-state index < -0.39 is 0 Å². The molecule has 28 heavy (non-hydrogen) atoms. The summed E-state index contributed by atoms with van der Waals surface area (Å²) in [5, 5.41) is 15.1. The van der Waals surface area contributed by atoms with Gasteiger partial charge in [-0.05, 0) is 42.6 Å². The Hall–Kier alpha value is -2.91. The summed E-state index contributed by atoms with van der Waals surface area (Å²) < 4.78 is 18.7. The number of amides is 1. The molecule has 9 heteroatoms. The fourth-order valence-corrected chi connectivity index (χ4v) is 4.07. The van der Waals surface area contributed by atoms with Crippen molar-refractivity contribution >= 4 is 33.7 Å². The summed E-state index contributed by atoms with van der Waals surface area (Å²) in [5.41, 5.74) is 2.42. The van der Waals surface area contributed by atoms with Crippen molar-refractivity contribution in [3.8, 4) is 22.7 Å². The summed E-state index contributed by atoms with van der Waals surface area (Å²) in [7, 11) is 0. The molecule has 3 heterocycles. The Bertz CT molecular complexity index is 1090. The lowest BCUT2D eigenvalue weighted by Crippen LogP contribution is -2.12. The van der Waals surface area contributed by atoms with Crippen LogP contribution in [-0.4, -0.2) is 21.1 Å². The molecular formula is C19H15FN4O2S2. The summed E-state index contributed by atoms with van der Waals surface area (Å²) >= 11 is 2.93. The van der Waals surface area contributed by atoms with E-state index in [0.717, 1.165) is 21.7 Å². The van der Waals surface area contributed by atoms with Gasteiger partial charge in [0.15, 0.2) is 5.13 Å². The lowest BCUT2D eigenvalue weighted by Gasteiger charge is -2.00. The van der Waals surface area contributed by atoms with Crippen LogP contribution in [0.1, 0.15) is 17.2 Å². The molecule has 3 aromatic heterocycles. The maximum atomic E-state index is 13.1. The molecule has 0 saturated heterocycles. The largest absolute Gasteiger partial charge is 0.421 e. The van der Waals surface area contributed by atoms with Crippen LogP contribution in [0.3, 0.4) is 0 Å². The number of hydrogen-bond acceptors (Lipinski definition) is 7. The van der Waals surface area contributed by atoms with Gasteiger partial charge in [-0.3, -0.25) is 4.79 Å². The van der Waals surface area contributed by atoms with Gasteiger partial charge in [-0.25, -0.2) is 9.37 Å². The highest BCUT2D eigenvalue weighted by molar-refractivity contribution is 7.16. The van der Waals surface area contributed by atoms with Gasteiger partial charge in [-0.1, -0.05) is 0 Å². The van der Waals surface area contributed by atoms with E-state index in [0.29, 0.717) is 23.3 Å². The number of aryl methyl sites for hydroxylation is 2. The van der Waals surface area contributed by atoms with E-state index in [-0.39, 0.29) is 18.1 Å². The molecule has 0 saturated carbocycles. The standard InChI is InChI=1S/C19H15FN4O2S2/c1-11-17(12-2-4-14(20)5-3-12)22-19(28-11)21-15(25)6-7-16-23-24-18(26-16)13-8-9-27-10-13/h2-5,8-10H,6-7H2,1H3,(H,21,22,25). The van der Waals surface area contributed by atoms with Gasteiger partial charge in [0, 0.05) is 34.2 Å². The third kappa shape index (κ3) is 4.15. The number of anilines is 1. The number of halogens is 1. The second kappa shape index (κ2) is 7.99. The van der Waals surface area contributed by atoms with Crippen LogP contribution in [0.5, 0.6) is 0 Å². The third-order valence-electron chi connectivity index (χ3n) is 3.96. The number of aromatic nitrogens is 3. The Morgan fingerprint density at radius 2 is 2.00 bits per heavy atom. The Balaban J connectivity index is 1.36. The number of nitrogens with one attached hydrogen (secondary N) is 1. The Labute approximate surface area is 168 Å². The van der Waals surface area contributed by atoms with Crippen molar-refractivity contribution < 1.29 is 13.6 Å². The van der Waals surface area contributed by atoms with Gasteiger partial charge in [0.05, 0.1) is 5.69 Å². The van der Waals surface area contributed by atoms with Crippen molar-refractivity contribution in [2.75, 3.05) is 5.32 Å². The molecule has 0 atom stereocenters. The number of rotatable bonds is 6. The van der Waals surface area contributed by atoms with Gasteiger partial charge in [-0.15, -0.1) is 21.5 Å². The molecule has 0 aliphatic rings.